The number of halogens is 1. The molecular weight excluding hydrogens is 338 g/mol. The van der Waals surface area contributed by atoms with Gasteiger partial charge in [0.15, 0.2) is 11.5 Å². The molecule has 2 N–H and O–H groups in total. The van der Waals surface area contributed by atoms with Crippen LogP contribution in [-0.4, -0.2) is 35.4 Å². The Kier molecular flexibility index (Phi) is 6.32. The van der Waals surface area contributed by atoms with Gasteiger partial charge in [-0.3, -0.25) is 4.79 Å². The molecule has 0 spiro atoms. The first kappa shape index (κ1) is 18.2. The topological polar surface area (TPSA) is 72.4 Å². The molecule has 1 aromatic heterocycles. The van der Waals surface area contributed by atoms with Crippen molar-refractivity contribution in [2.24, 2.45) is 5.73 Å². The van der Waals surface area contributed by atoms with E-state index in [9.17, 15) is 4.79 Å². The van der Waals surface area contributed by atoms with Crippen LogP contribution in [0.25, 0.3) is 11.1 Å². The summed E-state index contributed by atoms with van der Waals surface area (Å²) in [5.74, 6) is 1.32. The summed E-state index contributed by atoms with van der Waals surface area (Å²) in [5.41, 5.74) is 7.06. The molecule has 1 fully saturated rings. The Bertz CT molecular complexity index is 708. The number of piperidine rings is 1. The predicted octanol–water partition coefficient (Wildman–Crippen LogP) is 4.10. The predicted molar refractivity (Wildman–Crippen MR) is 99.7 cm³/mol. The maximum Gasteiger partial charge on any atom is 0.222 e. The third-order valence-corrected chi connectivity index (χ3v) is 5.14. The Morgan fingerprint density at radius 3 is 2.76 bits per heavy atom. The number of benzene rings is 1. The zero-order valence-electron chi connectivity index (χ0n) is 14.5. The lowest BCUT2D eigenvalue weighted by Crippen LogP contribution is -2.37. The van der Waals surface area contributed by atoms with Crippen LogP contribution < -0.4 is 5.73 Å². The van der Waals surface area contributed by atoms with Gasteiger partial charge in [-0.25, -0.2) is 4.98 Å². The normalized spacial score (nSPS) is 15.8. The molecule has 3 rings (SSSR count). The molecule has 2 aromatic rings. The Labute approximate surface area is 153 Å². The molecule has 0 unspecified atom stereocenters. The number of hydrogen-bond acceptors (Lipinski definition) is 4. The second kappa shape index (κ2) is 8.68. The highest BCUT2D eigenvalue weighted by molar-refractivity contribution is 6.31. The number of nitrogens with zero attached hydrogens (tertiary/aromatic N) is 2. The van der Waals surface area contributed by atoms with E-state index < -0.39 is 0 Å². The number of likely N-dealkylation sites (tertiary alicyclic amines) is 1. The van der Waals surface area contributed by atoms with Gasteiger partial charge in [0.05, 0.1) is 0 Å². The molecule has 0 radical (unpaired) electrons. The summed E-state index contributed by atoms with van der Waals surface area (Å²) in [6.07, 6.45) is 6.67. The summed E-state index contributed by atoms with van der Waals surface area (Å²) in [6.45, 7) is 2.31. The van der Waals surface area contributed by atoms with Gasteiger partial charge in [-0.2, -0.15) is 0 Å². The highest BCUT2D eigenvalue weighted by Gasteiger charge is 2.26. The quantitative estimate of drug-likeness (QED) is 0.752. The average Bonchev–Trinajstić information content (AvgIpc) is 3.04. The van der Waals surface area contributed by atoms with E-state index in [2.05, 4.69) is 4.98 Å². The Balaban J connectivity index is 1.48. The van der Waals surface area contributed by atoms with Gasteiger partial charge in [0.2, 0.25) is 5.91 Å². The van der Waals surface area contributed by atoms with E-state index in [1.165, 1.54) is 0 Å². The van der Waals surface area contributed by atoms with Gasteiger partial charge in [0.1, 0.15) is 5.52 Å². The molecule has 6 heteroatoms. The molecule has 0 saturated carbocycles. The molecular formula is C19H26ClN3O2. The zero-order valence-corrected chi connectivity index (χ0v) is 15.3. The van der Waals surface area contributed by atoms with E-state index in [1.807, 2.05) is 23.1 Å². The Morgan fingerprint density at radius 2 is 2.00 bits per heavy atom. The minimum Gasteiger partial charge on any atom is -0.440 e. The number of hydrogen-bond donors (Lipinski definition) is 1. The van der Waals surface area contributed by atoms with Crippen molar-refractivity contribution in [2.75, 3.05) is 19.6 Å². The minimum atomic E-state index is 0.274. The molecule has 2 heterocycles. The summed E-state index contributed by atoms with van der Waals surface area (Å²) in [5, 5.41) is 0.666. The summed E-state index contributed by atoms with van der Waals surface area (Å²) in [4.78, 5) is 18.9. The van der Waals surface area contributed by atoms with Gasteiger partial charge >= 0.3 is 0 Å². The van der Waals surface area contributed by atoms with Crippen molar-refractivity contribution in [1.82, 2.24) is 9.88 Å². The van der Waals surface area contributed by atoms with Crippen molar-refractivity contribution in [2.45, 2.75) is 50.9 Å². The first-order chi connectivity index (χ1) is 12.2. The van der Waals surface area contributed by atoms with E-state index in [-0.39, 0.29) is 11.8 Å². The van der Waals surface area contributed by atoms with E-state index in [0.29, 0.717) is 11.4 Å². The third kappa shape index (κ3) is 4.73. The van der Waals surface area contributed by atoms with Gasteiger partial charge in [-0.05, 0) is 50.4 Å². The molecule has 1 aliphatic heterocycles. The number of carbonyl (C=O) groups is 1. The van der Waals surface area contributed by atoms with Crippen LogP contribution in [0.2, 0.25) is 5.02 Å². The SMILES string of the molecule is NCCCCCCC(=O)N1CCC(c2nc3cc(Cl)ccc3o2)CC1. The van der Waals surface area contributed by atoms with Gasteiger partial charge in [0.25, 0.3) is 0 Å². The van der Waals surface area contributed by atoms with Crippen LogP contribution in [-0.2, 0) is 4.79 Å². The molecule has 25 heavy (non-hydrogen) atoms. The Hall–Kier alpha value is -1.59. The monoisotopic (exact) mass is 363 g/mol. The third-order valence-electron chi connectivity index (χ3n) is 4.91. The fraction of sp³-hybridized carbons (Fsp3) is 0.579. The van der Waals surface area contributed by atoms with E-state index in [4.69, 9.17) is 21.8 Å². The van der Waals surface area contributed by atoms with E-state index in [1.54, 1.807) is 0 Å². The number of nitrogens with two attached hydrogens (primary N) is 1. The lowest BCUT2D eigenvalue weighted by atomic mass is 9.96. The second-order valence-corrected chi connectivity index (χ2v) is 7.21. The molecule has 1 aliphatic rings. The fourth-order valence-corrected chi connectivity index (χ4v) is 3.57. The van der Waals surface area contributed by atoms with Crippen molar-refractivity contribution in [3.05, 3.63) is 29.1 Å². The molecule has 136 valence electrons. The van der Waals surface area contributed by atoms with Gasteiger partial charge in [0, 0.05) is 30.5 Å². The van der Waals surface area contributed by atoms with Crippen molar-refractivity contribution < 1.29 is 9.21 Å². The molecule has 1 saturated heterocycles. The van der Waals surface area contributed by atoms with Crippen LogP contribution in [0.5, 0.6) is 0 Å². The molecule has 0 bridgehead atoms. The average molecular weight is 364 g/mol. The molecule has 0 aliphatic carbocycles. The van der Waals surface area contributed by atoms with Crippen LogP contribution in [0.1, 0.15) is 56.8 Å². The van der Waals surface area contributed by atoms with Crippen LogP contribution >= 0.6 is 11.6 Å². The second-order valence-electron chi connectivity index (χ2n) is 6.77. The molecule has 0 atom stereocenters. The summed E-state index contributed by atoms with van der Waals surface area (Å²) in [6, 6.07) is 5.50. The smallest absolute Gasteiger partial charge is 0.222 e. The number of carbonyl (C=O) groups excluding carboxylic acids is 1. The van der Waals surface area contributed by atoms with Crippen LogP contribution in [0.3, 0.4) is 0 Å². The van der Waals surface area contributed by atoms with Crippen molar-refractivity contribution in [3.63, 3.8) is 0 Å². The van der Waals surface area contributed by atoms with Gasteiger partial charge < -0.3 is 15.1 Å². The van der Waals surface area contributed by atoms with Gasteiger partial charge in [-0.1, -0.05) is 24.4 Å². The number of aromatic nitrogens is 1. The first-order valence-corrected chi connectivity index (χ1v) is 9.59. The lowest BCUT2D eigenvalue weighted by molar-refractivity contribution is -0.132. The number of fused-ring (bicyclic) bond motifs is 1. The van der Waals surface area contributed by atoms with Crippen molar-refractivity contribution >= 4 is 28.6 Å². The van der Waals surface area contributed by atoms with Crippen molar-refractivity contribution in [1.29, 1.82) is 0 Å². The minimum absolute atomic E-state index is 0.274. The first-order valence-electron chi connectivity index (χ1n) is 9.21. The highest BCUT2D eigenvalue weighted by atomic mass is 35.5. The number of rotatable bonds is 7. The number of oxazole rings is 1. The molecule has 1 aromatic carbocycles. The summed E-state index contributed by atoms with van der Waals surface area (Å²) >= 11 is 6.01. The maximum atomic E-state index is 12.3. The zero-order chi connectivity index (χ0) is 17.6. The van der Waals surface area contributed by atoms with Crippen LogP contribution in [0.4, 0.5) is 0 Å². The summed E-state index contributed by atoms with van der Waals surface area (Å²) in [7, 11) is 0. The van der Waals surface area contributed by atoms with Gasteiger partial charge in [-0.15, -0.1) is 0 Å². The van der Waals surface area contributed by atoms with Crippen molar-refractivity contribution in [3.8, 4) is 0 Å². The number of unbranched alkanes of at least 4 members (excludes halogenated alkanes) is 3. The highest BCUT2D eigenvalue weighted by Crippen LogP contribution is 2.31. The number of amides is 1. The Morgan fingerprint density at radius 1 is 1.24 bits per heavy atom. The standard InChI is InChI=1S/C19H26ClN3O2/c20-15-6-7-17-16(13-15)22-19(25-17)14-8-11-23(12-9-14)18(24)5-3-1-2-4-10-21/h6-7,13-14H,1-5,8-12,21H2. The van der Waals surface area contributed by atoms with E-state index in [0.717, 1.165) is 75.1 Å². The largest absolute Gasteiger partial charge is 0.440 e. The summed E-state index contributed by atoms with van der Waals surface area (Å²) < 4.78 is 5.88. The van der Waals surface area contributed by atoms with E-state index >= 15 is 0 Å². The van der Waals surface area contributed by atoms with Crippen LogP contribution in [0.15, 0.2) is 22.6 Å². The molecule has 5 nitrogen and oxygen atoms in total. The fourth-order valence-electron chi connectivity index (χ4n) is 3.40. The molecule has 1 amide bonds. The lowest BCUT2D eigenvalue weighted by Gasteiger charge is -2.30. The van der Waals surface area contributed by atoms with Crippen LogP contribution in [0, 0.1) is 0 Å². The maximum absolute atomic E-state index is 12.3.